The van der Waals surface area contributed by atoms with E-state index in [4.69, 9.17) is 18.7 Å². The minimum Gasteiger partial charge on any atom is -0.378 e. The maximum atomic E-state index is 10.3. The van der Waals surface area contributed by atoms with Gasteiger partial charge in [-0.2, -0.15) is 0 Å². The molecule has 0 fully saturated rings. The normalized spacial score (nSPS) is 17.4. The van der Waals surface area contributed by atoms with Crippen molar-refractivity contribution in [3.63, 3.8) is 0 Å². The number of hydrogen-bond donors (Lipinski definition) is 2. The van der Waals surface area contributed by atoms with Crippen molar-refractivity contribution in [2.75, 3.05) is 0 Å². The van der Waals surface area contributed by atoms with Crippen molar-refractivity contribution in [1.82, 2.24) is 0 Å². The van der Waals surface area contributed by atoms with E-state index in [-0.39, 0.29) is 6.42 Å². The highest BCUT2D eigenvalue weighted by atomic mass is 16.3. The molecule has 0 amide bonds. The lowest BCUT2D eigenvalue weighted by atomic mass is 9.87. The van der Waals surface area contributed by atoms with Crippen LogP contribution in [0.25, 0.3) is 0 Å². The number of aliphatic hydroxyl groups is 1. The van der Waals surface area contributed by atoms with Crippen LogP contribution in [0.4, 0.5) is 0 Å². The Morgan fingerprint density at radius 3 is 2.38 bits per heavy atom. The van der Waals surface area contributed by atoms with Gasteiger partial charge < -0.3 is 10.8 Å². The molecule has 0 aromatic carbocycles. The summed E-state index contributed by atoms with van der Waals surface area (Å²) >= 11 is 0. The lowest BCUT2D eigenvalue weighted by Gasteiger charge is -2.13. The maximum Gasteiger partial charge on any atom is 0.168 e. The third kappa shape index (κ3) is 2.09. The maximum absolute atomic E-state index is 10.3. The summed E-state index contributed by atoms with van der Waals surface area (Å²) in [6.45, 7) is 1.58. The van der Waals surface area contributed by atoms with Gasteiger partial charge in [0.1, 0.15) is 13.5 Å². The number of rotatable bonds is 2. The van der Waals surface area contributed by atoms with Gasteiger partial charge in [-0.15, -0.1) is 0 Å². The summed E-state index contributed by atoms with van der Waals surface area (Å²) in [7, 11) is 4.77. The van der Waals surface area contributed by atoms with Crippen molar-refractivity contribution >= 4 is 13.6 Å². The van der Waals surface area contributed by atoms with Crippen LogP contribution >= 0.6 is 0 Å². The molecule has 0 saturated heterocycles. The molecule has 2 radical (unpaired) electrons. The summed E-state index contributed by atoms with van der Waals surface area (Å²) in [6, 6.07) is 0. The Morgan fingerprint density at radius 1 is 2.00 bits per heavy atom. The standard InChI is InChI=1S/C4H8BNO2/c1-2-3(7)4(5,6)8/h8H,2,6H2,1H3. The Kier molecular flexibility index (Phi) is 2.18. The fourth-order valence-corrected chi connectivity index (χ4v) is 0.283. The number of nitrogens with two attached hydrogens (primary N) is 1. The molecule has 0 aliphatic rings. The van der Waals surface area contributed by atoms with E-state index >= 15 is 0 Å². The average molecular weight is 113 g/mol. The van der Waals surface area contributed by atoms with Gasteiger partial charge in [-0.25, -0.2) is 0 Å². The Hall–Kier alpha value is -0.345. The van der Waals surface area contributed by atoms with E-state index in [1.54, 1.807) is 6.92 Å². The van der Waals surface area contributed by atoms with E-state index in [2.05, 4.69) is 0 Å². The SMILES string of the molecule is [B]C(N)(O)C(=O)CC. The molecule has 0 spiro atoms. The lowest BCUT2D eigenvalue weighted by molar-refractivity contribution is -0.129. The molecule has 4 heteroatoms. The summed E-state index contributed by atoms with van der Waals surface area (Å²) < 4.78 is 0. The zero-order chi connectivity index (χ0) is 6.78. The Balaban J connectivity index is 3.82. The van der Waals surface area contributed by atoms with Crippen LogP contribution in [-0.2, 0) is 4.79 Å². The molecule has 0 aliphatic carbocycles. The zero-order valence-electron chi connectivity index (χ0n) is 4.72. The predicted octanol–water partition coefficient (Wildman–Crippen LogP) is -1.26. The summed E-state index contributed by atoms with van der Waals surface area (Å²) in [5.41, 5.74) is 2.64. The summed E-state index contributed by atoms with van der Waals surface area (Å²) in [5.74, 6) is -0.558. The molecule has 0 aromatic heterocycles. The van der Waals surface area contributed by atoms with Crippen molar-refractivity contribution < 1.29 is 9.90 Å². The molecular weight excluding hydrogens is 105 g/mol. The van der Waals surface area contributed by atoms with Crippen molar-refractivity contribution in [1.29, 1.82) is 0 Å². The third-order valence-corrected chi connectivity index (χ3v) is 0.768. The lowest BCUT2D eigenvalue weighted by Crippen LogP contribution is -2.48. The van der Waals surface area contributed by atoms with Gasteiger partial charge in [-0.3, -0.25) is 4.79 Å². The highest BCUT2D eigenvalue weighted by Gasteiger charge is 2.20. The van der Waals surface area contributed by atoms with Gasteiger partial charge in [0.25, 0.3) is 0 Å². The smallest absolute Gasteiger partial charge is 0.168 e. The summed E-state index contributed by atoms with van der Waals surface area (Å²) in [4.78, 5) is 10.3. The van der Waals surface area contributed by atoms with Crippen molar-refractivity contribution in [3.05, 3.63) is 0 Å². The van der Waals surface area contributed by atoms with Gasteiger partial charge in [0.2, 0.25) is 0 Å². The van der Waals surface area contributed by atoms with Crippen molar-refractivity contribution in [2.45, 2.75) is 19.0 Å². The van der Waals surface area contributed by atoms with Gasteiger partial charge in [-0.05, 0) is 0 Å². The molecule has 0 aliphatic heterocycles. The molecule has 0 aromatic rings. The second-order valence-electron chi connectivity index (χ2n) is 1.60. The Bertz CT molecular complexity index is 96.7. The molecule has 3 N–H and O–H groups in total. The molecular formula is C4H8BNO2. The molecule has 44 valence electrons. The Labute approximate surface area is 49.3 Å². The van der Waals surface area contributed by atoms with Crippen LogP contribution in [0.1, 0.15) is 13.3 Å². The Morgan fingerprint density at radius 2 is 2.38 bits per heavy atom. The van der Waals surface area contributed by atoms with Gasteiger partial charge in [0.05, 0.1) is 0 Å². The van der Waals surface area contributed by atoms with E-state index < -0.39 is 11.4 Å². The molecule has 1 unspecified atom stereocenters. The van der Waals surface area contributed by atoms with Crippen molar-refractivity contribution in [3.8, 4) is 0 Å². The minimum absolute atomic E-state index is 0.156. The highest BCUT2D eigenvalue weighted by Crippen LogP contribution is 1.92. The van der Waals surface area contributed by atoms with Crippen LogP contribution < -0.4 is 5.73 Å². The van der Waals surface area contributed by atoms with E-state index in [9.17, 15) is 4.79 Å². The number of hydrogen-bond acceptors (Lipinski definition) is 3. The molecule has 3 nitrogen and oxygen atoms in total. The van der Waals surface area contributed by atoms with E-state index in [0.717, 1.165) is 0 Å². The first-order valence-corrected chi connectivity index (χ1v) is 2.32. The van der Waals surface area contributed by atoms with Crippen LogP contribution in [-0.4, -0.2) is 24.4 Å². The average Bonchev–Trinajstić information content (AvgIpc) is 1.62. The predicted molar refractivity (Wildman–Crippen MR) is 30.2 cm³/mol. The van der Waals surface area contributed by atoms with Crippen LogP contribution in [0.2, 0.25) is 0 Å². The summed E-state index contributed by atoms with van der Waals surface area (Å²) in [5, 5.41) is 8.49. The van der Waals surface area contributed by atoms with Crippen LogP contribution in [0.5, 0.6) is 0 Å². The second-order valence-corrected chi connectivity index (χ2v) is 1.60. The monoisotopic (exact) mass is 113 g/mol. The first kappa shape index (κ1) is 7.65. The first-order chi connectivity index (χ1) is 3.48. The second kappa shape index (κ2) is 2.28. The quantitative estimate of drug-likeness (QED) is 0.347. The van der Waals surface area contributed by atoms with E-state index in [0.29, 0.717) is 0 Å². The number of carbonyl (C=O) groups excluding carboxylic acids is 1. The molecule has 0 bridgehead atoms. The van der Waals surface area contributed by atoms with Gasteiger partial charge in [0, 0.05) is 6.42 Å². The topological polar surface area (TPSA) is 63.3 Å². The molecule has 0 rings (SSSR count). The van der Waals surface area contributed by atoms with E-state index in [1.807, 2.05) is 0 Å². The molecule has 8 heavy (non-hydrogen) atoms. The number of ketones is 1. The van der Waals surface area contributed by atoms with Gasteiger partial charge in [0.15, 0.2) is 5.78 Å². The zero-order valence-corrected chi connectivity index (χ0v) is 4.72. The van der Waals surface area contributed by atoms with Crippen LogP contribution in [0.15, 0.2) is 0 Å². The van der Waals surface area contributed by atoms with E-state index in [1.165, 1.54) is 0 Å². The fourth-order valence-electron chi connectivity index (χ4n) is 0.283. The van der Waals surface area contributed by atoms with Crippen LogP contribution in [0, 0.1) is 0 Å². The number of carbonyl (C=O) groups is 1. The molecule has 1 atom stereocenters. The van der Waals surface area contributed by atoms with Crippen LogP contribution in [0.3, 0.4) is 0 Å². The van der Waals surface area contributed by atoms with Crippen molar-refractivity contribution in [2.24, 2.45) is 5.73 Å². The third-order valence-electron chi connectivity index (χ3n) is 0.768. The highest BCUT2D eigenvalue weighted by molar-refractivity contribution is 6.26. The largest absolute Gasteiger partial charge is 0.378 e. The minimum atomic E-state index is -2.13. The molecule has 0 saturated carbocycles. The van der Waals surface area contributed by atoms with Gasteiger partial charge >= 0.3 is 0 Å². The number of Topliss-reactive ketones (excluding diaryl/α,β-unsaturated/α-hetero) is 1. The van der Waals surface area contributed by atoms with Gasteiger partial charge in [-0.1, -0.05) is 6.92 Å². The summed E-state index contributed by atoms with van der Waals surface area (Å²) in [6.07, 6.45) is 0.156. The fraction of sp³-hybridized carbons (Fsp3) is 0.750. The first-order valence-electron chi connectivity index (χ1n) is 2.32. The molecule has 0 heterocycles.